The summed E-state index contributed by atoms with van der Waals surface area (Å²) in [5.41, 5.74) is 1.80. The molecule has 0 aliphatic heterocycles. The van der Waals surface area contributed by atoms with Gasteiger partial charge in [-0.15, -0.1) is 11.8 Å². The molecule has 0 heterocycles. The Bertz CT molecular complexity index is 558. The molecule has 0 N–H and O–H groups in total. The van der Waals surface area contributed by atoms with E-state index in [1.807, 2.05) is 60.9 Å². The topological polar surface area (TPSA) is 17.1 Å². The monoisotopic (exact) mass is 254 g/mol. The normalized spacial score (nSPS) is 10.7. The SMILES string of the molecule is CSc1ccccc1C=CC(=O)c1ccccc1. The third kappa shape index (κ3) is 3.11. The van der Waals surface area contributed by atoms with E-state index >= 15 is 0 Å². The second-order valence-corrected chi connectivity index (χ2v) is 4.65. The van der Waals surface area contributed by atoms with Gasteiger partial charge < -0.3 is 0 Å². The molecule has 0 aliphatic rings. The van der Waals surface area contributed by atoms with Crippen LogP contribution in [0.2, 0.25) is 0 Å². The molecule has 18 heavy (non-hydrogen) atoms. The minimum Gasteiger partial charge on any atom is -0.289 e. The summed E-state index contributed by atoms with van der Waals surface area (Å²) in [5, 5.41) is 0. The Kier molecular flexibility index (Phi) is 4.37. The van der Waals surface area contributed by atoms with Crippen LogP contribution in [0.15, 0.2) is 65.6 Å². The predicted octanol–water partition coefficient (Wildman–Crippen LogP) is 4.30. The van der Waals surface area contributed by atoms with E-state index in [0.29, 0.717) is 0 Å². The van der Waals surface area contributed by atoms with Crippen LogP contribution in [0.4, 0.5) is 0 Å². The first kappa shape index (κ1) is 12.7. The number of benzene rings is 2. The van der Waals surface area contributed by atoms with Crippen molar-refractivity contribution in [2.45, 2.75) is 4.90 Å². The zero-order valence-corrected chi connectivity index (χ0v) is 11.0. The van der Waals surface area contributed by atoms with Crippen molar-refractivity contribution >= 4 is 23.6 Å². The lowest BCUT2D eigenvalue weighted by molar-refractivity contribution is 0.104. The van der Waals surface area contributed by atoms with Crippen LogP contribution in [0.5, 0.6) is 0 Å². The number of hydrogen-bond acceptors (Lipinski definition) is 2. The van der Waals surface area contributed by atoms with Crippen LogP contribution in [0.25, 0.3) is 6.08 Å². The first-order valence-corrected chi connectivity index (χ1v) is 6.94. The molecule has 2 aromatic rings. The molecule has 0 aromatic heterocycles. The Hall–Kier alpha value is -1.80. The van der Waals surface area contributed by atoms with Crippen molar-refractivity contribution in [2.75, 3.05) is 6.26 Å². The van der Waals surface area contributed by atoms with Gasteiger partial charge in [0.25, 0.3) is 0 Å². The van der Waals surface area contributed by atoms with Crippen molar-refractivity contribution in [2.24, 2.45) is 0 Å². The number of rotatable bonds is 4. The third-order valence-electron chi connectivity index (χ3n) is 2.61. The van der Waals surface area contributed by atoms with Crippen molar-refractivity contribution in [1.29, 1.82) is 0 Å². The van der Waals surface area contributed by atoms with Crippen LogP contribution in [0, 0.1) is 0 Å². The molecule has 2 rings (SSSR count). The van der Waals surface area contributed by atoms with E-state index in [-0.39, 0.29) is 5.78 Å². The quantitative estimate of drug-likeness (QED) is 0.459. The third-order valence-corrected chi connectivity index (χ3v) is 3.42. The lowest BCUT2D eigenvalue weighted by Crippen LogP contribution is -1.92. The highest BCUT2D eigenvalue weighted by molar-refractivity contribution is 7.98. The van der Waals surface area contributed by atoms with Crippen LogP contribution in [0.3, 0.4) is 0 Å². The Morgan fingerprint density at radius 3 is 2.39 bits per heavy atom. The summed E-state index contributed by atoms with van der Waals surface area (Å²) in [7, 11) is 0. The zero-order chi connectivity index (χ0) is 12.8. The number of ketones is 1. The average Bonchev–Trinajstić information content (AvgIpc) is 2.46. The average molecular weight is 254 g/mol. The molecule has 0 unspecified atom stereocenters. The highest BCUT2D eigenvalue weighted by Gasteiger charge is 2.01. The van der Waals surface area contributed by atoms with Crippen LogP contribution in [-0.4, -0.2) is 12.0 Å². The molecule has 2 heteroatoms. The van der Waals surface area contributed by atoms with E-state index in [1.165, 1.54) is 4.90 Å². The van der Waals surface area contributed by atoms with Crippen LogP contribution >= 0.6 is 11.8 Å². The predicted molar refractivity (Wildman–Crippen MR) is 78.0 cm³/mol. The second-order valence-electron chi connectivity index (χ2n) is 3.81. The molecule has 0 spiro atoms. The standard InChI is InChI=1S/C16H14OS/c1-18-16-10-6-5-9-14(16)11-12-15(17)13-7-3-2-4-8-13/h2-12H,1H3. The first-order valence-electron chi connectivity index (χ1n) is 5.72. The van der Waals surface area contributed by atoms with Crippen molar-refractivity contribution < 1.29 is 4.79 Å². The van der Waals surface area contributed by atoms with E-state index in [1.54, 1.807) is 17.8 Å². The number of hydrogen-bond donors (Lipinski definition) is 0. The number of thioether (sulfide) groups is 1. The number of carbonyl (C=O) groups excluding carboxylic acids is 1. The molecule has 0 fully saturated rings. The van der Waals surface area contributed by atoms with Gasteiger partial charge in [0.2, 0.25) is 0 Å². The van der Waals surface area contributed by atoms with Gasteiger partial charge in [0.05, 0.1) is 0 Å². The Morgan fingerprint density at radius 1 is 1.00 bits per heavy atom. The van der Waals surface area contributed by atoms with E-state index < -0.39 is 0 Å². The van der Waals surface area contributed by atoms with Gasteiger partial charge in [-0.25, -0.2) is 0 Å². The molecule has 2 aromatic carbocycles. The summed E-state index contributed by atoms with van der Waals surface area (Å²) >= 11 is 1.68. The smallest absolute Gasteiger partial charge is 0.185 e. The summed E-state index contributed by atoms with van der Waals surface area (Å²) in [6.07, 6.45) is 5.54. The van der Waals surface area contributed by atoms with Gasteiger partial charge in [0, 0.05) is 10.5 Å². The lowest BCUT2D eigenvalue weighted by Gasteiger charge is -2.01. The molecule has 0 amide bonds. The molecular weight excluding hydrogens is 240 g/mol. The molecule has 0 bridgehead atoms. The zero-order valence-electron chi connectivity index (χ0n) is 10.2. The van der Waals surface area contributed by atoms with Crippen LogP contribution in [0.1, 0.15) is 15.9 Å². The van der Waals surface area contributed by atoms with Crippen LogP contribution < -0.4 is 0 Å². The highest BCUT2D eigenvalue weighted by atomic mass is 32.2. The summed E-state index contributed by atoms with van der Waals surface area (Å²) in [6, 6.07) is 17.4. The fourth-order valence-electron chi connectivity index (χ4n) is 1.67. The lowest BCUT2D eigenvalue weighted by atomic mass is 10.1. The maximum absolute atomic E-state index is 11.9. The minimum absolute atomic E-state index is 0.0338. The van der Waals surface area contributed by atoms with Gasteiger partial charge in [-0.3, -0.25) is 4.79 Å². The summed E-state index contributed by atoms with van der Waals surface area (Å²) in [5.74, 6) is 0.0338. The fourth-order valence-corrected chi connectivity index (χ4v) is 2.25. The Balaban J connectivity index is 2.19. The van der Waals surface area contributed by atoms with Crippen molar-refractivity contribution in [3.05, 3.63) is 71.8 Å². The molecule has 1 nitrogen and oxygen atoms in total. The molecule has 0 saturated carbocycles. The summed E-state index contributed by atoms with van der Waals surface area (Å²) in [6.45, 7) is 0. The van der Waals surface area contributed by atoms with Gasteiger partial charge in [0.1, 0.15) is 0 Å². The molecule has 0 radical (unpaired) electrons. The fraction of sp³-hybridized carbons (Fsp3) is 0.0625. The van der Waals surface area contributed by atoms with E-state index in [9.17, 15) is 4.79 Å². The number of carbonyl (C=O) groups is 1. The minimum atomic E-state index is 0.0338. The maximum Gasteiger partial charge on any atom is 0.185 e. The molecule has 90 valence electrons. The second kappa shape index (κ2) is 6.22. The van der Waals surface area contributed by atoms with Gasteiger partial charge >= 0.3 is 0 Å². The highest BCUT2D eigenvalue weighted by Crippen LogP contribution is 2.21. The molecular formula is C16H14OS. The van der Waals surface area contributed by atoms with E-state index in [4.69, 9.17) is 0 Å². The van der Waals surface area contributed by atoms with Gasteiger partial charge in [0.15, 0.2) is 5.78 Å². The van der Waals surface area contributed by atoms with Gasteiger partial charge in [-0.1, -0.05) is 48.5 Å². The van der Waals surface area contributed by atoms with Crippen molar-refractivity contribution in [3.63, 3.8) is 0 Å². The molecule has 0 aliphatic carbocycles. The van der Waals surface area contributed by atoms with Crippen molar-refractivity contribution in [3.8, 4) is 0 Å². The first-order chi connectivity index (χ1) is 8.81. The van der Waals surface area contributed by atoms with E-state index in [2.05, 4.69) is 6.07 Å². The maximum atomic E-state index is 11.9. The van der Waals surface area contributed by atoms with Gasteiger partial charge in [-0.05, 0) is 30.0 Å². The summed E-state index contributed by atoms with van der Waals surface area (Å²) in [4.78, 5) is 13.1. The summed E-state index contributed by atoms with van der Waals surface area (Å²) < 4.78 is 0. The van der Waals surface area contributed by atoms with Gasteiger partial charge in [-0.2, -0.15) is 0 Å². The van der Waals surface area contributed by atoms with Crippen molar-refractivity contribution in [1.82, 2.24) is 0 Å². The molecule has 0 saturated heterocycles. The number of allylic oxidation sites excluding steroid dienone is 1. The largest absolute Gasteiger partial charge is 0.289 e. The van der Waals surface area contributed by atoms with Crippen LogP contribution in [-0.2, 0) is 0 Å². The Morgan fingerprint density at radius 2 is 1.67 bits per heavy atom. The van der Waals surface area contributed by atoms with E-state index in [0.717, 1.165) is 11.1 Å². The Labute approximate surface area is 112 Å². The molecule has 0 atom stereocenters.